The van der Waals surface area contributed by atoms with Crippen molar-refractivity contribution >= 4 is 28.5 Å². The van der Waals surface area contributed by atoms with Crippen LogP contribution in [0.4, 0.5) is 14.5 Å². The third-order valence-electron chi connectivity index (χ3n) is 2.62. The maximum absolute atomic E-state index is 12.9. The number of H-pyrrole nitrogens is 1. The minimum atomic E-state index is -3.15. The van der Waals surface area contributed by atoms with Crippen LogP contribution in [0.15, 0.2) is 12.7 Å². The molecule has 12 heteroatoms. The molecule has 0 atom stereocenters. The van der Waals surface area contributed by atoms with Crippen LogP contribution >= 0.6 is 11.6 Å². The van der Waals surface area contributed by atoms with Gasteiger partial charge in [0, 0.05) is 0 Å². The molecule has 0 unspecified atom stereocenters. The predicted octanol–water partition coefficient (Wildman–Crippen LogP) is 2.04. The molecule has 21 heavy (non-hydrogen) atoms. The van der Waals surface area contributed by atoms with Gasteiger partial charge in [0.15, 0.2) is 11.5 Å². The van der Waals surface area contributed by atoms with Gasteiger partial charge in [0.05, 0.1) is 11.3 Å². The predicted molar refractivity (Wildman–Crippen MR) is 65.4 cm³/mol. The van der Waals surface area contributed by atoms with Crippen molar-refractivity contribution in [2.45, 2.75) is 6.43 Å². The molecule has 108 valence electrons. The summed E-state index contributed by atoms with van der Waals surface area (Å²) in [5.74, 6) is -0.0162. The van der Waals surface area contributed by atoms with Crippen molar-refractivity contribution in [2.75, 3.05) is 0 Å². The van der Waals surface area contributed by atoms with Crippen LogP contribution in [0.2, 0.25) is 5.15 Å². The van der Waals surface area contributed by atoms with E-state index in [0.717, 1.165) is 11.0 Å². The van der Waals surface area contributed by atoms with E-state index in [4.69, 9.17) is 11.6 Å². The number of aromatic amines is 1. The van der Waals surface area contributed by atoms with Gasteiger partial charge >= 0.3 is 5.69 Å². The molecule has 0 aliphatic carbocycles. The average Bonchev–Trinajstić information content (AvgIpc) is 3.02. The van der Waals surface area contributed by atoms with E-state index in [0.29, 0.717) is 0 Å². The van der Waals surface area contributed by atoms with E-state index in [2.05, 4.69) is 25.0 Å². The van der Waals surface area contributed by atoms with Crippen molar-refractivity contribution in [3.05, 3.63) is 33.6 Å². The second kappa shape index (κ2) is 4.70. The number of alkyl halides is 2. The van der Waals surface area contributed by atoms with Crippen LogP contribution in [0.1, 0.15) is 12.1 Å². The highest BCUT2D eigenvalue weighted by atomic mass is 35.5. The number of rotatable bonds is 3. The molecule has 0 aliphatic rings. The standard InChI is InChI=1S/C9H4ClF2N7O2/c10-6-5(19(20)21)3(7(11)12)17-18(6)9-4-8(14-1-13-4)15-2-16-9/h1-2,7H,(H,13,14,15,16). The van der Waals surface area contributed by atoms with Gasteiger partial charge in [0.2, 0.25) is 10.8 Å². The number of halogens is 3. The lowest BCUT2D eigenvalue weighted by atomic mass is 10.4. The van der Waals surface area contributed by atoms with Gasteiger partial charge in [-0.25, -0.2) is 23.7 Å². The van der Waals surface area contributed by atoms with Crippen LogP contribution in [0.25, 0.3) is 17.0 Å². The maximum atomic E-state index is 12.9. The third-order valence-corrected chi connectivity index (χ3v) is 2.96. The Labute approximate surface area is 118 Å². The summed E-state index contributed by atoms with van der Waals surface area (Å²) in [5.41, 5.74) is -1.49. The van der Waals surface area contributed by atoms with Crippen molar-refractivity contribution in [3.63, 3.8) is 0 Å². The molecular formula is C9H4ClF2N7O2. The summed E-state index contributed by atoms with van der Waals surface area (Å²) in [6.07, 6.45) is -0.726. The Morgan fingerprint density at radius 2 is 2.14 bits per heavy atom. The van der Waals surface area contributed by atoms with Crippen molar-refractivity contribution in [1.29, 1.82) is 0 Å². The van der Waals surface area contributed by atoms with Crippen molar-refractivity contribution in [1.82, 2.24) is 29.7 Å². The maximum Gasteiger partial charge on any atom is 0.335 e. The monoisotopic (exact) mass is 315 g/mol. The van der Waals surface area contributed by atoms with Gasteiger partial charge in [-0.1, -0.05) is 11.6 Å². The zero-order valence-corrected chi connectivity index (χ0v) is 10.6. The van der Waals surface area contributed by atoms with Gasteiger partial charge in [-0.05, 0) is 0 Å². The summed E-state index contributed by atoms with van der Waals surface area (Å²) in [7, 11) is 0. The number of nitro groups is 1. The molecule has 3 heterocycles. The minimum absolute atomic E-state index is 0.0162. The molecule has 3 aromatic rings. The minimum Gasteiger partial charge on any atom is -0.340 e. The Kier molecular flexibility index (Phi) is 2.97. The summed E-state index contributed by atoms with van der Waals surface area (Å²) in [6.45, 7) is 0. The number of nitrogens with zero attached hydrogens (tertiary/aromatic N) is 6. The highest BCUT2D eigenvalue weighted by Crippen LogP contribution is 2.36. The Bertz CT molecular complexity index is 846. The molecule has 0 saturated heterocycles. The SMILES string of the molecule is O=[N+]([O-])c1c(C(F)F)nn(-c2ncnc3nc[nH]c23)c1Cl. The first-order valence-corrected chi connectivity index (χ1v) is 5.74. The highest BCUT2D eigenvalue weighted by Gasteiger charge is 2.33. The van der Waals surface area contributed by atoms with Crippen LogP contribution in [-0.4, -0.2) is 34.6 Å². The van der Waals surface area contributed by atoms with Crippen molar-refractivity contribution in [2.24, 2.45) is 0 Å². The number of nitrogens with one attached hydrogen (secondary N) is 1. The first-order chi connectivity index (χ1) is 10.0. The lowest BCUT2D eigenvalue weighted by Crippen LogP contribution is -2.02. The quantitative estimate of drug-likeness (QED) is 0.584. The number of fused-ring (bicyclic) bond motifs is 1. The van der Waals surface area contributed by atoms with E-state index in [1.807, 2.05) is 0 Å². The topological polar surface area (TPSA) is 115 Å². The first-order valence-electron chi connectivity index (χ1n) is 5.36. The fraction of sp³-hybridized carbons (Fsp3) is 0.111. The van der Waals surface area contributed by atoms with E-state index >= 15 is 0 Å². The smallest absolute Gasteiger partial charge is 0.335 e. The highest BCUT2D eigenvalue weighted by molar-refractivity contribution is 6.32. The summed E-state index contributed by atoms with van der Waals surface area (Å²) in [4.78, 5) is 24.1. The number of hydrogen-bond acceptors (Lipinski definition) is 6. The summed E-state index contributed by atoms with van der Waals surface area (Å²) >= 11 is 5.80. The summed E-state index contributed by atoms with van der Waals surface area (Å²) < 4.78 is 26.5. The molecule has 1 N–H and O–H groups in total. The van der Waals surface area contributed by atoms with Gasteiger partial charge in [0.25, 0.3) is 6.43 Å². The van der Waals surface area contributed by atoms with Gasteiger partial charge in [0.1, 0.15) is 11.8 Å². The Morgan fingerprint density at radius 3 is 2.76 bits per heavy atom. The number of aromatic nitrogens is 6. The Balaban J connectivity index is 2.31. The molecule has 0 saturated carbocycles. The fourth-order valence-corrected chi connectivity index (χ4v) is 2.06. The molecule has 3 rings (SSSR count). The lowest BCUT2D eigenvalue weighted by molar-refractivity contribution is -0.386. The second-order valence-corrected chi connectivity index (χ2v) is 4.15. The third kappa shape index (κ3) is 1.98. The molecule has 0 aliphatic heterocycles. The lowest BCUT2D eigenvalue weighted by Gasteiger charge is -2.01. The largest absolute Gasteiger partial charge is 0.340 e. The van der Waals surface area contributed by atoms with Crippen LogP contribution in [0.3, 0.4) is 0 Å². The van der Waals surface area contributed by atoms with E-state index in [1.165, 1.54) is 6.33 Å². The zero-order valence-electron chi connectivity index (χ0n) is 9.87. The number of imidazole rings is 1. The van der Waals surface area contributed by atoms with Gasteiger partial charge in [-0.3, -0.25) is 10.1 Å². The zero-order chi connectivity index (χ0) is 15.1. The Morgan fingerprint density at radius 1 is 1.38 bits per heavy atom. The van der Waals surface area contributed by atoms with Crippen molar-refractivity contribution < 1.29 is 13.7 Å². The van der Waals surface area contributed by atoms with Crippen LogP contribution in [0.5, 0.6) is 0 Å². The van der Waals surface area contributed by atoms with E-state index in [9.17, 15) is 18.9 Å². The van der Waals surface area contributed by atoms with Crippen LogP contribution in [0, 0.1) is 10.1 Å². The molecule has 0 amide bonds. The molecule has 3 aromatic heterocycles. The molecule has 0 radical (unpaired) electrons. The summed E-state index contributed by atoms with van der Waals surface area (Å²) in [5, 5.41) is 13.8. The Hall–Kier alpha value is -2.69. The van der Waals surface area contributed by atoms with Crippen LogP contribution in [-0.2, 0) is 0 Å². The van der Waals surface area contributed by atoms with Gasteiger partial charge in [-0.2, -0.15) is 9.78 Å². The normalized spacial score (nSPS) is 11.4. The van der Waals surface area contributed by atoms with E-state index < -0.39 is 27.9 Å². The molecule has 0 bridgehead atoms. The first kappa shape index (κ1) is 13.3. The number of hydrogen-bond donors (Lipinski definition) is 1. The average molecular weight is 316 g/mol. The van der Waals surface area contributed by atoms with E-state index in [-0.39, 0.29) is 17.0 Å². The van der Waals surface area contributed by atoms with Gasteiger partial charge < -0.3 is 4.98 Å². The fourth-order valence-electron chi connectivity index (χ4n) is 1.77. The van der Waals surface area contributed by atoms with Gasteiger partial charge in [-0.15, -0.1) is 0 Å². The van der Waals surface area contributed by atoms with Crippen molar-refractivity contribution in [3.8, 4) is 5.82 Å². The molecule has 9 nitrogen and oxygen atoms in total. The molecular weight excluding hydrogens is 312 g/mol. The molecule has 0 spiro atoms. The second-order valence-electron chi connectivity index (χ2n) is 3.79. The molecule has 0 aromatic carbocycles. The van der Waals surface area contributed by atoms with E-state index in [1.54, 1.807) is 0 Å². The van der Waals surface area contributed by atoms with Crippen LogP contribution < -0.4 is 0 Å². The summed E-state index contributed by atoms with van der Waals surface area (Å²) in [6, 6.07) is 0. The molecule has 0 fully saturated rings.